The molecule has 0 bridgehead atoms. The summed E-state index contributed by atoms with van der Waals surface area (Å²) in [6.07, 6.45) is 3.01. The predicted octanol–water partition coefficient (Wildman–Crippen LogP) is 2.48. The van der Waals surface area contributed by atoms with E-state index < -0.39 is 0 Å². The number of fused-ring (bicyclic) bond motifs is 1. The summed E-state index contributed by atoms with van der Waals surface area (Å²) >= 11 is 5.96. The Bertz CT molecular complexity index is 441. The Labute approximate surface area is 112 Å². The van der Waals surface area contributed by atoms with E-state index in [2.05, 4.69) is 18.3 Å². The summed E-state index contributed by atoms with van der Waals surface area (Å²) in [6, 6.07) is 5.77. The van der Waals surface area contributed by atoms with Gasteiger partial charge in [0.2, 0.25) is 0 Å². The number of aliphatic hydroxyl groups excluding tert-OH is 1. The number of halogens is 1. The lowest BCUT2D eigenvalue weighted by Crippen LogP contribution is -2.34. The Kier molecular flexibility index (Phi) is 4.64. The van der Waals surface area contributed by atoms with Crippen LogP contribution in [0.25, 0.3) is 6.08 Å². The number of hydrogen-bond acceptors (Lipinski definition) is 3. The molecule has 3 nitrogen and oxygen atoms in total. The van der Waals surface area contributed by atoms with Crippen LogP contribution in [0.2, 0.25) is 5.02 Å². The molecule has 0 spiro atoms. The average Bonchev–Trinajstić information content (AvgIpc) is 2.39. The second-order valence-electron chi connectivity index (χ2n) is 4.44. The van der Waals surface area contributed by atoms with Gasteiger partial charge in [0.05, 0.1) is 6.61 Å². The zero-order valence-electron chi connectivity index (χ0n) is 10.4. The van der Waals surface area contributed by atoms with Crippen molar-refractivity contribution in [3.8, 4) is 5.75 Å². The molecule has 1 aliphatic rings. The Hall–Kier alpha value is -1.03. The van der Waals surface area contributed by atoms with Gasteiger partial charge < -0.3 is 15.2 Å². The lowest BCUT2D eigenvalue weighted by atomic mass is 10.1. The maximum Gasteiger partial charge on any atom is 0.127 e. The monoisotopic (exact) mass is 267 g/mol. The molecule has 2 N–H and O–H groups in total. The maximum atomic E-state index is 9.12. The standard InChI is InChI=1S/C14H18ClNO2/c1-2-13(8-17)16-7-10-5-11-6-12(15)3-4-14(11)18-9-10/h3-6,13,16-17H,2,7-9H2,1H3. The van der Waals surface area contributed by atoms with Gasteiger partial charge >= 0.3 is 0 Å². The maximum absolute atomic E-state index is 9.12. The molecule has 1 aromatic rings. The normalized spacial score (nSPS) is 15.6. The van der Waals surface area contributed by atoms with Gasteiger partial charge in [0.15, 0.2) is 0 Å². The molecule has 4 heteroatoms. The molecule has 0 aliphatic carbocycles. The van der Waals surface area contributed by atoms with E-state index >= 15 is 0 Å². The number of nitrogens with one attached hydrogen (secondary N) is 1. The zero-order valence-corrected chi connectivity index (χ0v) is 11.2. The summed E-state index contributed by atoms with van der Waals surface area (Å²) in [7, 11) is 0. The van der Waals surface area contributed by atoms with E-state index in [1.54, 1.807) is 0 Å². The summed E-state index contributed by atoms with van der Waals surface area (Å²) in [5.41, 5.74) is 2.18. The Morgan fingerprint density at radius 2 is 2.33 bits per heavy atom. The van der Waals surface area contributed by atoms with Crippen LogP contribution in [0.5, 0.6) is 5.75 Å². The lowest BCUT2D eigenvalue weighted by Gasteiger charge is -2.20. The van der Waals surface area contributed by atoms with Crippen molar-refractivity contribution in [2.24, 2.45) is 0 Å². The number of hydrogen-bond donors (Lipinski definition) is 2. The average molecular weight is 268 g/mol. The zero-order chi connectivity index (χ0) is 13.0. The molecule has 1 aliphatic heterocycles. The molecule has 0 radical (unpaired) electrons. The van der Waals surface area contributed by atoms with Gasteiger partial charge in [-0.1, -0.05) is 18.5 Å². The van der Waals surface area contributed by atoms with Crippen molar-refractivity contribution in [3.05, 3.63) is 34.4 Å². The summed E-state index contributed by atoms with van der Waals surface area (Å²) in [4.78, 5) is 0. The topological polar surface area (TPSA) is 41.5 Å². The van der Waals surface area contributed by atoms with Crippen LogP contribution >= 0.6 is 11.6 Å². The minimum Gasteiger partial charge on any atom is -0.489 e. The third-order valence-electron chi connectivity index (χ3n) is 3.08. The van der Waals surface area contributed by atoms with Crippen LogP contribution in [0.4, 0.5) is 0 Å². The van der Waals surface area contributed by atoms with Crippen molar-refractivity contribution < 1.29 is 9.84 Å². The molecule has 0 amide bonds. The fourth-order valence-corrected chi connectivity index (χ4v) is 2.09. The molecular weight excluding hydrogens is 250 g/mol. The van der Waals surface area contributed by atoms with Gasteiger partial charge in [0.1, 0.15) is 12.4 Å². The largest absolute Gasteiger partial charge is 0.489 e. The van der Waals surface area contributed by atoms with E-state index in [9.17, 15) is 0 Å². The van der Waals surface area contributed by atoms with E-state index in [0.29, 0.717) is 11.6 Å². The SMILES string of the molecule is CCC(CO)NCC1=Cc2cc(Cl)ccc2OC1. The van der Waals surface area contributed by atoms with Gasteiger partial charge in [-0.2, -0.15) is 0 Å². The molecule has 1 aromatic carbocycles. The Morgan fingerprint density at radius 3 is 3.06 bits per heavy atom. The van der Waals surface area contributed by atoms with Crippen LogP contribution in [0.3, 0.4) is 0 Å². The Morgan fingerprint density at radius 1 is 1.50 bits per heavy atom. The molecule has 0 fully saturated rings. The minimum atomic E-state index is 0.145. The molecule has 0 saturated heterocycles. The third kappa shape index (κ3) is 3.25. The van der Waals surface area contributed by atoms with Crippen molar-refractivity contribution in [2.45, 2.75) is 19.4 Å². The van der Waals surface area contributed by atoms with Crippen LogP contribution in [0, 0.1) is 0 Å². The van der Waals surface area contributed by atoms with Crippen LogP contribution in [0.15, 0.2) is 23.8 Å². The molecule has 98 valence electrons. The van der Waals surface area contributed by atoms with Crippen molar-refractivity contribution in [3.63, 3.8) is 0 Å². The first-order valence-electron chi connectivity index (χ1n) is 6.19. The molecular formula is C14H18ClNO2. The second kappa shape index (κ2) is 6.23. The van der Waals surface area contributed by atoms with Crippen LogP contribution in [-0.4, -0.2) is 30.9 Å². The number of aliphatic hydroxyl groups is 1. The molecule has 18 heavy (non-hydrogen) atoms. The first-order chi connectivity index (χ1) is 8.72. The smallest absolute Gasteiger partial charge is 0.127 e. The van der Waals surface area contributed by atoms with Crippen LogP contribution < -0.4 is 10.1 Å². The van der Waals surface area contributed by atoms with Gasteiger partial charge in [0.25, 0.3) is 0 Å². The highest BCUT2D eigenvalue weighted by molar-refractivity contribution is 6.30. The van der Waals surface area contributed by atoms with E-state index in [-0.39, 0.29) is 12.6 Å². The molecule has 1 atom stereocenters. The van der Waals surface area contributed by atoms with E-state index in [1.165, 1.54) is 0 Å². The highest BCUT2D eigenvalue weighted by Crippen LogP contribution is 2.28. The van der Waals surface area contributed by atoms with Crippen LogP contribution in [-0.2, 0) is 0 Å². The van der Waals surface area contributed by atoms with Gasteiger partial charge in [-0.3, -0.25) is 0 Å². The Balaban J connectivity index is 2.03. The summed E-state index contributed by atoms with van der Waals surface area (Å²) < 4.78 is 5.66. The quantitative estimate of drug-likeness (QED) is 0.861. The predicted molar refractivity (Wildman–Crippen MR) is 74.1 cm³/mol. The summed E-state index contributed by atoms with van der Waals surface area (Å²) in [5.74, 6) is 0.873. The molecule has 1 heterocycles. The molecule has 0 aromatic heterocycles. The lowest BCUT2D eigenvalue weighted by molar-refractivity contribution is 0.240. The first kappa shape index (κ1) is 13.4. The minimum absolute atomic E-state index is 0.145. The summed E-state index contributed by atoms with van der Waals surface area (Å²) in [5, 5.41) is 13.1. The van der Waals surface area contributed by atoms with Gasteiger partial charge in [-0.15, -0.1) is 0 Å². The fraction of sp³-hybridized carbons (Fsp3) is 0.429. The van der Waals surface area contributed by atoms with Crippen LogP contribution in [0.1, 0.15) is 18.9 Å². The number of benzene rings is 1. The van der Waals surface area contributed by atoms with Crippen molar-refractivity contribution in [1.82, 2.24) is 5.32 Å². The van der Waals surface area contributed by atoms with Crippen molar-refractivity contribution >= 4 is 17.7 Å². The van der Waals surface area contributed by atoms with Gasteiger partial charge in [-0.25, -0.2) is 0 Å². The third-order valence-corrected chi connectivity index (χ3v) is 3.31. The summed E-state index contributed by atoms with van der Waals surface area (Å²) in [6.45, 7) is 3.52. The van der Waals surface area contributed by atoms with Crippen molar-refractivity contribution in [1.29, 1.82) is 0 Å². The highest BCUT2D eigenvalue weighted by atomic mass is 35.5. The second-order valence-corrected chi connectivity index (χ2v) is 4.88. The van der Waals surface area contributed by atoms with E-state index in [4.69, 9.17) is 21.4 Å². The van der Waals surface area contributed by atoms with E-state index in [1.807, 2.05) is 18.2 Å². The molecule has 1 unspecified atom stereocenters. The van der Waals surface area contributed by atoms with Gasteiger partial charge in [-0.05, 0) is 36.3 Å². The first-order valence-corrected chi connectivity index (χ1v) is 6.56. The highest BCUT2D eigenvalue weighted by Gasteiger charge is 2.12. The van der Waals surface area contributed by atoms with Gasteiger partial charge in [0, 0.05) is 23.2 Å². The number of rotatable bonds is 5. The molecule has 2 rings (SSSR count). The fourth-order valence-electron chi connectivity index (χ4n) is 1.91. The molecule has 0 saturated carbocycles. The number of ether oxygens (including phenoxy) is 1. The van der Waals surface area contributed by atoms with Crippen molar-refractivity contribution in [2.75, 3.05) is 19.8 Å². The van der Waals surface area contributed by atoms with E-state index in [0.717, 1.165) is 29.9 Å².